The molecule has 1 aromatic rings. The zero-order valence-corrected chi connectivity index (χ0v) is 15.3. The summed E-state index contributed by atoms with van der Waals surface area (Å²) < 4.78 is 35.4. The summed E-state index contributed by atoms with van der Waals surface area (Å²) in [7, 11) is -3.22. The van der Waals surface area contributed by atoms with Gasteiger partial charge in [0.1, 0.15) is 5.75 Å². The van der Waals surface area contributed by atoms with E-state index in [0.29, 0.717) is 5.92 Å². The van der Waals surface area contributed by atoms with E-state index < -0.39 is 9.84 Å². The summed E-state index contributed by atoms with van der Waals surface area (Å²) in [5, 5.41) is 3.33. The number of hydrogen-bond donors (Lipinski definition) is 0. The summed E-state index contributed by atoms with van der Waals surface area (Å²) in [4.78, 5) is 2.60. The van der Waals surface area contributed by atoms with E-state index in [2.05, 4.69) is 10.0 Å². The van der Waals surface area contributed by atoms with Crippen LogP contribution in [0.1, 0.15) is 31.2 Å². The highest BCUT2D eigenvalue weighted by molar-refractivity contribution is 7.91. The standard InChI is InChI=1S/C17H25N3O4S/c1-14(13-25(21,22)10-9-23-8-7-19-20-18)16-3-2-4-17(11-16)24-12-15-5-6-15/h2-4,11,14-15H,5-10,12-13H2,1H3/t14-/m0/s1. The molecule has 8 heteroatoms. The average molecular weight is 367 g/mol. The summed E-state index contributed by atoms with van der Waals surface area (Å²) in [6, 6.07) is 7.67. The highest BCUT2D eigenvalue weighted by Gasteiger charge is 2.22. The van der Waals surface area contributed by atoms with E-state index in [4.69, 9.17) is 15.0 Å². The van der Waals surface area contributed by atoms with E-state index in [1.54, 1.807) is 0 Å². The number of sulfone groups is 1. The normalized spacial score (nSPS) is 15.4. The molecule has 1 fully saturated rings. The number of ether oxygens (including phenoxy) is 2. The monoisotopic (exact) mass is 367 g/mol. The lowest BCUT2D eigenvalue weighted by molar-refractivity contribution is 0.157. The lowest BCUT2D eigenvalue weighted by Crippen LogP contribution is -2.20. The SMILES string of the molecule is C[C@@H](CS(=O)(=O)CCOCCN=[N+]=[N-])c1cccc(OCC2CC2)c1. The summed E-state index contributed by atoms with van der Waals surface area (Å²) in [6.45, 7) is 3.19. The van der Waals surface area contributed by atoms with Crippen LogP contribution in [0.15, 0.2) is 29.4 Å². The third-order valence-corrected chi connectivity index (χ3v) is 5.85. The van der Waals surface area contributed by atoms with Gasteiger partial charge in [-0.3, -0.25) is 0 Å². The van der Waals surface area contributed by atoms with Crippen molar-refractivity contribution in [3.63, 3.8) is 0 Å². The van der Waals surface area contributed by atoms with Crippen LogP contribution in [0.2, 0.25) is 0 Å². The van der Waals surface area contributed by atoms with Crippen molar-refractivity contribution < 1.29 is 17.9 Å². The summed E-state index contributed by atoms with van der Waals surface area (Å²) in [6.07, 6.45) is 2.47. The van der Waals surface area contributed by atoms with Crippen molar-refractivity contribution in [3.8, 4) is 5.75 Å². The van der Waals surface area contributed by atoms with Gasteiger partial charge in [-0.15, -0.1) is 0 Å². The van der Waals surface area contributed by atoms with Crippen LogP contribution in [-0.2, 0) is 14.6 Å². The third kappa shape index (κ3) is 7.77. The van der Waals surface area contributed by atoms with Crippen molar-refractivity contribution in [1.29, 1.82) is 0 Å². The molecule has 1 aliphatic rings. The molecule has 0 amide bonds. The van der Waals surface area contributed by atoms with Crippen LogP contribution in [0.25, 0.3) is 10.4 Å². The quantitative estimate of drug-likeness (QED) is 0.245. The maximum absolute atomic E-state index is 12.2. The van der Waals surface area contributed by atoms with E-state index in [-0.39, 0.29) is 37.2 Å². The van der Waals surface area contributed by atoms with E-state index >= 15 is 0 Å². The van der Waals surface area contributed by atoms with Crippen molar-refractivity contribution >= 4 is 9.84 Å². The largest absolute Gasteiger partial charge is 0.493 e. The Morgan fingerprint density at radius 1 is 1.36 bits per heavy atom. The fourth-order valence-corrected chi connectivity index (χ4v) is 3.90. The van der Waals surface area contributed by atoms with Gasteiger partial charge in [0.2, 0.25) is 0 Å². The Bertz CT molecular complexity index is 698. The van der Waals surface area contributed by atoms with Crippen LogP contribution in [0.3, 0.4) is 0 Å². The lowest BCUT2D eigenvalue weighted by Gasteiger charge is -2.14. The van der Waals surface area contributed by atoms with Gasteiger partial charge in [0.05, 0.1) is 31.3 Å². The molecule has 1 saturated carbocycles. The molecule has 0 aliphatic heterocycles. The molecule has 0 radical (unpaired) electrons. The Morgan fingerprint density at radius 3 is 2.88 bits per heavy atom. The van der Waals surface area contributed by atoms with Gasteiger partial charge in [-0.25, -0.2) is 8.42 Å². The Balaban J connectivity index is 1.79. The van der Waals surface area contributed by atoms with E-state index in [1.165, 1.54) is 12.8 Å². The van der Waals surface area contributed by atoms with Crippen LogP contribution in [0, 0.1) is 5.92 Å². The highest BCUT2D eigenvalue weighted by atomic mass is 32.2. The molecule has 25 heavy (non-hydrogen) atoms. The van der Waals surface area contributed by atoms with Crippen LogP contribution < -0.4 is 4.74 Å². The molecule has 1 atom stereocenters. The average Bonchev–Trinajstić information content (AvgIpc) is 3.40. The van der Waals surface area contributed by atoms with Crippen molar-refractivity contribution in [1.82, 2.24) is 0 Å². The number of benzene rings is 1. The van der Waals surface area contributed by atoms with Crippen LogP contribution >= 0.6 is 0 Å². The zero-order valence-electron chi connectivity index (χ0n) is 14.5. The number of rotatable bonds is 12. The maximum Gasteiger partial charge on any atom is 0.153 e. The summed E-state index contributed by atoms with van der Waals surface area (Å²) >= 11 is 0. The Morgan fingerprint density at radius 2 is 2.16 bits per heavy atom. The van der Waals surface area contributed by atoms with Crippen molar-refractivity contribution in [2.45, 2.75) is 25.7 Å². The van der Waals surface area contributed by atoms with Gasteiger partial charge < -0.3 is 9.47 Å². The van der Waals surface area contributed by atoms with Gasteiger partial charge in [0.15, 0.2) is 9.84 Å². The first-order chi connectivity index (χ1) is 12.0. The molecule has 7 nitrogen and oxygen atoms in total. The molecule has 0 N–H and O–H groups in total. The summed E-state index contributed by atoms with van der Waals surface area (Å²) in [5.41, 5.74) is 9.10. The molecule has 1 aliphatic carbocycles. The smallest absolute Gasteiger partial charge is 0.153 e. The fourth-order valence-electron chi connectivity index (χ4n) is 2.41. The van der Waals surface area contributed by atoms with E-state index in [1.807, 2.05) is 31.2 Å². The van der Waals surface area contributed by atoms with Gasteiger partial charge in [0, 0.05) is 11.5 Å². The minimum Gasteiger partial charge on any atom is -0.493 e. The van der Waals surface area contributed by atoms with Gasteiger partial charge in [-0.1, -0.05) is 24.2 Å². The molecule has 1 aromatic carbocycles. The lowest BCUT2D eigenvalue weighted by atomic mass is 10.0. The number of hydrogen-bond acceptors (Lipinski definition) is 5. The topological polar surface area (TPSA) is 101 Å². The summed E-state index contributed by atoms with van der Waals surface area (Å²) in [5.74, 6) is 1.40. The van der Waals surface area contributed by atoms with Gasteiger partial charge >= 0.3 is 0 Å². The Labute approximate surface area is 148 Å². The predicted molar refractivity (Wildman–Crippen MR) is 96.6 cm³/mol. The molecule has 2 rings (SSSR count). The molecule has 0 spiro atoms. The molecular weight excluding hydrogens is 342 g/mol. The molecule has 0 heterocycles. The minimum absolute atomic E-state index is 0.0362. The Kier molecular flexibility index (Phi) is 7.55. The highest BCUT2D eigenvalue weighted by Crippen LogP contribution is 2.30. The first-order valence-electron chi connectivity index (χ1n) is 8.52. The van der Waals surface area contributed by atoms with Crippen molar-refractivity contribution in [2.75, 3.05) is 37.9 Å². The molecule has 0 bridgehead atoms. The van der Waals surface area contributed by atoms with E-state index in [0.717, 1.165) is 17.9 Å². The first kappa shape index (κ1) is 19.6. The van der Waals surface area contributed by atoms with Gasteiger partial charge in [0.25, 0.3) is 0 Å². The second kappa shape index (κ2) is 9.65. The molecule has 0 unspecified atom stereocenters. The maximum atomic E-state index is 12.2. The molecular formula is C17H25N3O4S. The molecule has 0 aromatic heterocycles. The third-order valence-electron chi connectivity index (χ3n) is 4.05. The molecule has 0 saturated heterocycles. The number of nitrogens with zero attached hydrogens (tertiary/aromatic N) is 3. The van der Waals surface area contributed by atoms with Crippen LogP contribution in [0.4, 0.5) is 0 Å². The second-order valence-electron chi connectivity index (χ2n) is 6.41. The van der Waals surface area contributed by atoms with Gasteiger partial charge in [-0.05, 0) is 47.9 Å². The minimum atomic E-state index is -3.22. The predicted octanol–water partition coefficient (Wildman–Crippen LogP) is 3.32. The molecule has 138 valence electrons. The fraction of sp³-hybridized carbons (Fsp3) is 0.647. The van der Waals surface area contributed by atoms with Crippen molar-refractivity contribution in [3.05, 3.63) is 40.3 Å². The van der Waals surface area contributed by atoms with Crippen LogP contribution in [0.5, 0.6) is 5.75 Å². The van der Waals surface area contributed by atoms with Gasteiger partial charge in [-0.2, -0.15) is 0 Å². The van der Waals surface area contributed by atoms with E-state index in [9.17, 15) is 8.42 Å². The zero-order chi connectivity index (χ0) is 18.1. The Hall–Kier alpha value is -1.76. The number of azide groups is 1. The second-order valence-corrected chi connectivity index (χ2v) is 8.64. The first-order valence-corrected chi connectivity index (χ1v) is 10.3. The van der Waals surface area contributed by atoms with Crippen LogP contribution in [-0.4, -0.2) is 46.3 Å². The van der Waals surface area contributed by atoms with Crippen molar-refractivity contribution in [2.24, 2.45) is 11.0 Å².